The number of aromatic nitrogens is 2. The molecule has 25 heavy (non-hydrogen) atoms. The molecule has 0 spiro atoms. The van der Waals surface area contributed by atoms with Gasteiger partial charge >= 0.3 is 0 Å². The molecule has 132 valence electrons. The van der Waals surface area contributed by atoms with Gasteiger partial charge in [0.25, 0.3) is 0 Å². The first-order valence-corrected chi connectivity index (χ1v) is 10.2. The summed E-state index contributed by atoms with van der Waals surface area (Å²) in [4.78, 5) is 2.46. The molecule has 1 saturated carbocycles. The fourth-order valence-electron chi connectivity index (χ4n) is 3.09. The van der Waals surface area contributed by atoms with Crippen LogP contribution in [0.5, 0.6) is 0 Å². The Morgan fingerprint density at radius 2 is 2.28 bits per heavy atom. The molecule has 7 heteroatoms. The highest BCUT2D eigenvalue weighted by atomic mass is 32.1. The van der Waals surface area contributed by atoms with Gasteiger partial charge < -0.3 is 11.1 Å². The monoisotopic (exact) mass is 376 g/mol. The molecule has 3 aromatic rings. The minimum absolute atomic E-state index is 0.144. The number of nitrogens with one attached hydrogen (secondary N) is 1. The third-order valence-corrected chi connectivity index (χ3v) is 6.92. The Balaban J connectivity index is 1.54. The maximum absolute atomic E-state index is 13.9. The summed E-state index contributed by atoms with van der Waals surface area (Å²) in [5, 5.41) is 14.0. The van der Waals surface area contributed by atoms with E-state index in [1.54, 1.807) is 28.9 Å². The molecule has 0 aliphatic heterocycles. The molecule has 3 N–H and O–H groups in total. The number of aryl methyl sites for hydroxylation is 1. The molecule has 1 atom stereocenters. The predicted molar refractivity (Wildman–Crippen MR) is 103 cm³/mol. The van der Waals surface area contributed by atoms with Gasteiger partial charge in [-0.2, -0.15) is 5.10 Å². The van der Waals surface area contributed by atoms with Crippen LogP contribution >= 0.6 is 22.7 Å². The highest BCUT2D eigenvalue weighted by Crippen LogP contribution is 2.44. The van der Waals surface area contributed by atoms with Crippen LogP contribution < -0.4 is 11.1 Å². The van der Waals surface area contributed by atoms with Crippen LogP contribution in [0, 0.1) is 6.92 Å². The van der Waals surface area contributed by atoms with Crippen molar-refractivity contribution in [2.24, 2.45) is 5.73 Å². The minimum Gasteiger partial charge on any atom is -0.378 e. The lowest BCUT2D eigenvalue weighted by Crippen LogP contribution is -2.27. The Hall–Kier alpha value is -1.57. The van der Waals surface area contributed by atoms with Crippen molar-refractivity contribution in [3.8, 4) is 0 Å². The molecular weight excluding hydrogens is 355 g/mol. The maximum atomic E-state index is 13.9. The molecule has 4 nitrogen and oxygen atoms in total. The second-order valence-electron chi connectivity index (χ2n) is 6.84. The number of hydrogen-bond donors (Lipinski definition) is 2. The second kappa shape index (κ2) is 6.63. The van der Waals surface area contributed by atoms with Gasteiger partial charge in [-0.1, -0.05) is 6.07 Å². The van der Waals surface area contributed by atoms with Gasteiger partial charge in [-0.15, -0.1) is 27.8 Å². The molecule has 3 heterocycles. The summed E-state index contributed by atoms with van der Waals surface area (Å²) < 4.78 is 15.1. The van der Waals surface area contributed by atoms with E-state index in [0.717, 1.165) is 28.0 Å². The first kappa shape index (κ1) is 16.9. The molecule has 0 amide bonds. The van der Waals surface area contributed by atoms with E-state index < -0.39 is 5.67 Å². The van der Waals surface area contributed by atoms with Crippen molar-refractivity contribution in [1.29, 1.82) is 0 Å². The summed E-state index contributed by atoms with van der Waals surface area (Å²) in [5.41, 5.74) is 8.23. The smallest absolute Gasteiger partial charge is 0.112 e. The summed E-state index contributed by atoms with van der Waals surface area (Å²) >= 11 is 3.43. The molecule has 1 aliphatic carbocycles. The Morgan fingerprint density at radius 3 is 3.00 bits per heavy atom. The van der Waals surface area contributed by atoms with E-state index in [1.807, 2.05) is 6.07 Å². The lowest BCUT2D eigenvalue weighted by Gasteiger charge is -2.13. The second-order valence-corrected chi connectivity index (χ2v) is 8.98. The van der Waals surface area contributed by atoms with Gasteiger partial charge in [-0.25, -0.2) is 4.39 Å². The number of halogens is 1. The third-order valence-electron chi connectivity index (χ3n) is 4.70. The minimum atomic E-state index is -1.00. The molecule has 4 rings (SSSR count). The van der Waals surface area contributed by atoms with E-state index in [-0.39, 0.29) is 6.04 Å². The Labute approximate surface area is 154 Å². The standard InChI is InChI=1S/C18H21FN4S2/c1-11-15(7-12(20)8-18(19)4-5-18)25-17-14(10-22-23-16(11)17)21-9-13-3-2-6-24-13/h2-3,6,10,12H,4-5,7-9,20H2,1H3,(H,21,23). The van der Waals surface area contributed by atoms with E-state index in [0.29, 0.717) is 25.7 Å². The van der Waals surface area contributed by atoms with E-state index in [1.165, 1.54) is 9.75 Å². The van der Waals surface area contributed by atoms with Crippen LogP contribution in [0.4, 0.5) is 10.1 Å². The number of nitrogens with two attached hydrogens (primary N) is 1. The molecule has 1 fully saturated rings. The van der Waals surface area contributed by atoms with E-state index >= 15 is 0 Å². The average molecular weight is 377 g/mol. The molecule has 1 aliphatic rings. The number of alkyl halides is 1. The van der Waals surface area contributed by atoms with Crippen LogP contribution in [0.25, 0.3) is 10.2 Å². The maximum Gasteiger partial charge on any atom is 0.112 e. The normalized spacial score (nSPS) is 16.9. The Kier molecular flexibility index (Phi) is 4.47. The van der Waals surface area contributed by atoms with Crippen LogP contribution in [-0.4, -0.2) is 21.9 Å². The summed E-state index contributed by atoms with van der Waals surface area (Å²) in [6.45, 7) is 2.83. The van der Waals surface area contributed by atoms with Gasteiger partial charge in [-0.05, 0) is 49.6 Å². The lowest BCUT2D eigenvalue weighted by molar-refractivity contribution is 0.270. The number of thiophene rings is 2. The van der Waals surface area contributed by atoms with Gasteiger partial charge in [-0.3, -0.25) is 0 Å². The zero-order chi connectivity index (χ0) is 17.4. The van der Waals surface area contributed by atoms with Crippen molar-refractivity contribution in [3.63, 3.8) is 0 Å². The zero-order valence-corrected chi connectivity index (χ0v) is 15.7. The summed E-state index contributed by atoms with van der Waals surface area (Å²) in [7, 11) is 0. The van der Waals surface area contributed by atoms with E-state index in [9.17, 15) is 4.39 Å². The summed E-state index contributed by atoms with van der Waals surface area (Å²) in [6.07, 6.45) is 4.25. The van der Waals surface area contributed by atoms with E-state index in [2.05, 4.69) is 33.9 Å². The largest absolute Gasteiger partial charge is 0.378 e. The first-order valence-electron chi connectivity index (χ1n) is 8.48. The molecule has 1 unspecified atom stereocenters. The number of nitrogens with zero attached hydrogens (tertiary/aromatic N) is 2. The van der Waals surface area contributed by atoms with Gasteiger partial charge in [0, 0.05) is 22.3 Å². The van der Waals surface area contributed by atoms with Gasteiger partial charge in [0.05, 0.1) is 16.6 Å². The fourth-order valence-corrected chi connectivity index (χ4v) is 5.06. The van der Waals surface area contributed by atoms with Crippen molar-refractivity contribution in [1.82, 2.24) is 10.2 Å². The van der Waals surface area contributed by atoms with Crippen LogP contribution in [0.2, 0.25) is 0 Å². The van der Waals surface area contributed by atoms with Crippen LogP contribution in [-0.2, 0) is 13.0 Å². The van der Waals surface area contributed by atoms with Crippen molar-refractivity contribution >= 4 is 38.6 Å². The van der Waals surface area contributed by atoms with Crippen molar-refractivity contribution in [2.45, 2.75) is 50.9 Å². The average Bonchev–Trinajstić information content (AvgIpc) is 2.99. The van der Waals surface area contributed by atoms with Crippen molar-refractivity contribution in [3.05, 3.63) is 39.0 Å². The zero-order valence-electron chi connectivity index (χ0n) is 14.1. The Morgan fingerprint density at radius 1 is 1.44 bits per heavy atom. The molecule has 0 radical (unpaired) electrons. The predicted octanol–water partition coefficient (Wildman–Crippen LogP) is 4.44. The number of anilines is 1. The highest BCUT2D eigenvalue weighted by Gasteiger charge is 2.44. The summed E-state index contributed by atoms with van der Waals surface area (Å²) in [6, 6.07) is 4.02. The first-order chi connectivity index (χ1) is 12.0. The molecule has 0 bridgehead atoms. The third kappa shape index (κ3) is 3.68. The van der Waals surface area contributed by atoms with Gasteiger partial charge in [0.15, 0.2) is 0 Å². The number of hydrogen-bond acceptors (Lipinski definition) is 6. The molecule has 0 aromatic carbocycles. The molecule has 0 saturated heterocycles. The number of fused-ring (bicyclic) bond motifs is 1. The topological polar surface area (TPSA) is 63.8 Å². The van der Waals surface area contributed by atoms with Crippen LogP contribution in [0.15, 0.2) is 23.7 Å². The number of rotatable bonds is 7. The SMILES string of the molecule is Cc1c(CC(N)CC2(F)CC2)sc2c(NCc3cccs3)cnnc12. The van der Waals surface area contributed by atoms with Gasteiger partial charge in [0.2, 0.25) is 0 Å². The lowest BCUT2D eigenvalue weighted by atomic mass is 10.0. The molecule has 3 aromatic heterocycles. The van der Waals surface area contributed by atoms with Gasteiger partial charge in [0.1, 0.15) is 11.2 Å². The quantitative estimate of drug-likeness (QED) is 0.640. The Bertz CT molecular complexity index is 871. The van der Waals surface area contributed by atoms with Crippen LogP contribution in [0.3, 0.4) is 0 Å². The molecular formula is C18H21FN4S2. The van der Waals surface area contributed by atoms with Crippen molar-refractivity contribution in [2.75, 3.05) is 5.32 Å². The van der Waals surface area contributed by atoms with E-state index in [4.69, 9.17) is 5.73 Å². The fraction of sp³-hybridized carbons (Fsp3) is 0.444. The highest BCUT2D eigenvalue weighted by molar-refractivity contribution is 7.19. The summed E-state index contributed by atoms with van der Waals surface area (Å²) in [5.74, 6) is 0. The van der Waals surface area contributed by atoms with Crippen molar-refractivity contribution < 1.29 is 4.39 Å². The van der Waals surface area contributed by atoms with Crippen LogP contribution in [0.1, 0.15) is 34.6 Å².